The molecule has 0 saturated carbocycles. The molecular weight excluding hydrogens is 490 g/mol. The number of hydrogen-bond donors (Lipinski definition) is 0. The van der Waals surface area contributed by atoms with Crippen LogP contribution in [0, 0.1) is 5.95 Å². The highest BCUT2D eigenvalue weighted by atomic mass is 79.9. The normalized spacial score (nSPS) is 12.2. The molecule has 0 fully saturated rings. The lowest BCUT2D eigenvalue weighted by Gasteiger charge is -2.24. The molecule has 5 nitrogen and oxygen atoms in total. The van der Waals surface area contributed by atoms with Crippen molar-refractivity contribution in [3.05, 3.63) is 88.4 Å². The third-order valence-electron chi connectivity index (χ3n) is 4.97. The van der Waals surface area contributed by atoms with E-state index in [-0.39, 0.29) is 5.82 Å². The number of nitrogens with zero attached hydrogens (tertiary/aromatic N) is 5. The molecule has 0 aliphatic carbocycles. The van der Waals surface area contributed by atoms with Gasteiger partial charge in [-0.2, -0.15) is 22.7 Å². The van der Waals surface area contributed by atoms with E-state index in [1.54, 1.807) is 30.3 Å². The van der Waals surface area contributed by atoms with Gasteiger partial charge in [-0.15, -0.1) is 0 Å². The molecule has 164 valence electrons. The maximum absolute atomic E-state index is 13.4. The summed E-state index contributed by atoms with van der Waals surface area (Å²) in [6, 6.07) is 14.2. The molecule has 0 aromatic carbocycles. The Kier molecular flexibility index (Phi) is 5.58. The lowest BCUT2D eigenvalue weighted by Crippen LogP contribution is -2.23. The van der Waals surface area contributed by atoms with Crippen LogP contribution in [0.2, 0.25) is 0 Å². The predicted octanol–water partition coefficient (Wildman–Crippen LogP) is 5.97. The Labute approximate surface area is 189 Å². The minimum Gasteiger partial charge on any atom is -0.252 e. The minimum atomic E-state index is -4.53. The highest BCUT2D eigenvalue weighted by Gasteiger charge is 2.34. The molecule has 0 amide bonds. The first-order valence-corrected chi connectivity index (χ1v) is 10.3. The van der Waals surface area contributed by atoms with Gasteiger partial charge >= 0.3 is 6.18 Å². The van der Waals surface area contributed by atoms with Gasteiger partial charge in [-0.1, -0.05) is 12.1 Å². The van der Waals surface area contributed by atoms with Crippen molar-refractivity contribution in [1.29, 1.82) is 0 Å². The second-order valence-corrected chi connectivity index (χ2v) is 8.28. The molecule has 0 radical (unpaired) electrons. The molecule has 10 heteroatoms. The Hall–Kier alpha value is -3.14. The van der Waals surface area contributed by atoms with Crippen molar-refractivity contribution in [3.63, 3.8) is 0 Å². The highest BCUT2D eigenvalue weighted by Crippen LogP contribution is 2.33. The summed E-state index contributed by atoms with van der Waals surface area (Å²) in [6.07, 6.45) is -3.31. The van der Waals surface area contributed by atoms with Crippen LogP contribution in [-0.2, 0) is 11.6 Å². The van der Waals surface area contributed by atoms with Crippen molar-refractivity contribution in [2.75, 3.05) is 0 Å². The van der Waals surface area contributed by atoms with Crippen LogP contribution in [0.5, 0.6) is 0 Å². The summed E-state index contributed by atoms with van der Waals surface area (Å²) in [5.74, 6) is -0.349. The van der Waals surface area contributed by atoms with E-state index >= 15 is 0 Å². The Balaban J connectivity index is 1.71. The first kappa shape index (κ1) is 22.1. The van der Waals surface area contributed by atoms with Crippen LogP contribution < -0.4 is 0 Å². The Bertz CT molecular complexity index is 1280. The van der Waals surface area contributed by atoms with Gasteiger partial charge in [0.15, 0.2) is 11.5 Å². The minimum absolute atomic E-state index is 0.257. The first-order chi connectivity index (χ1) is 15.1. The lowest BCUT2D eigenvalue weighted by atomic mass is 9.84. The van der Waals surface area contributed by atoms with E-state index in [0.29, 0.717) is 27.2 Å². The molecular formula is C22H16BrF4N5. The summed E-state index contributed by atoms with van der Waals surface area (Å²) < 4.78 is 53.5. The number of rotatable bonds is 4. The predicted molar refractivity (Wildman–Crippen MR) is 114 cm³/mol. The summed E-state index contributed by atoms with van der Waals surface area (Å²) >= 11 is 3.26. The molecule has 0 bridgehead atoms. The van der Waals surface area contributed by atoms with Gasteiger partial charge in [-0.3, -0.25) is 4.98 Å². The molecule has 4 aromatic rings. The largest absolute Gasteiger partial charge is 0.435 e. The number of alkyl halides is 3. The third-order valence-corrected chi connectivity index (χ3v) is 5.57. The first-order valence-electron chi connectivity index (χ1n) is 9.46. The average molecular weight is 506 g/mol. The van der Waals surface area contributed by atoms with Gasteiger partial charge in [0.1, 0.15) is 4.60 Å². The molecule has 32 heavy (non-hydrogen) atoms. The number of pyridine rings is 3. The van der Waals surface area contributed by atoms with Gasteiger partial charge in [0, 0.05) is 17.2 Å². The van der Waals surface area contributed by atoms with E-state index in [1.165, 1.54) is 12.3 Å². The zero-order valence-electron chi connectivity index (χ0n) is 16.9. The molecule has 0 spiro atoms. The van der Waals surface area contributed by atoms with Gasteiger partial charge in [-0.05, 0) is 72.2 Å². The Morgan fingerprint density at radius 3 is 2.16 bits per heavy atom. The van der Waals surface area contributed by atoms with Crippen molar-refractivity contribution < 1.29 is 17.6 Å². The zero-order chi connectivity index (χ0) is 23.1. The van der Waals surface area contributed by atoms with Crippen LogP contribution >= 0.6 is 15.9 Å². The third kappa shape index (κ3) is 4.27. The molecule has 0 atom stereocenters. The SMILES string of the molecule is CC(C)(c1cccc(-c2ccc(F)nc2Br)n1)c1cccc(-n2ccc(C(F)(F)F)n2)n1. The Morgan fingerprint density at radius 2 is 1.50 bits per heavy atom. The molecule has 0 unspecified atom stereocenters. The molecule has 0 aliphatic rings. The molecule has 0 aliphatic heterocycles. The van der Waals surface area contributed by atoms with Crippen molar-refractivity contribution in [3.8, 4) is 17.1 Å². The van der Waals surface area contributed by atoms with E-state index in [0.717, 1.165) is 10.7 Å². The maximum atomic E-state index is 13.4. The van der Waals surface area contributed by atoms with Crippen LogP contribution in [0.25, 0.3) is 17.1 Å². The van der Waals surface area contributed by atoms with Crippen LogP contribution in [-0.4, -0.2) is 24.7 Å². The summed E-state index contributed by atoms with van der Waals surface area (Å²) in [5, 5.41) is 3.59. The van der Waals surface area contributed by atoms with Crippen molar-refractivity contribution in [1.82, 2.24) is 24.7 Å². The summed E-state index contributed by atoms with van der Waals surface area (Å²) in [4.78, 5) is 13.0. The van der Waals surface area contributed by atoms with E-state index in [1.807, 2.05) is 26.0 Å². The standard InChI is InChI=1S/C22H16BrF4N5/c1-21(2,15-6-3-5-14(28-15)13-9-10-18(24)30-20(13)23)16-7-4-8-19(29-16)32-12-11-17(31-32)22(25,26)27/h3-12H,1-2H3. The second kappa shape index (κ2) is 8.09. The number of aromatic nitrogens is 5. The van der Waals surface area contributed by atoms with Crippen LogP contribution in [0.15, 0.2) is 65.4 Å². The number of halogens is 5. The van der Waals surface area contributed by atoms with Gasteiger partial charge in [0.2, 0.25) is 5.95 Å². The lowest BCUT2D eigenvalue weighted by molar-refractivity contribution is -0.141. The van der Waals surface area contributed by atoms with E-state index in [9.17, 15) is 17.6 Å². The van der Waals surface area contributed by atoms with E-state index in [4.69, 9.17) is 4.98 Å². The van der Waals surface area contributed by atoms with E-state index in [2.05, 4.69) is 31.0 Å². The fourth-order valence-corrected chi connectivity index (χ4v) is 3.67. The average Bonchev–Trinajstić information content (AvgIpc) is 3.25. The van der Waals surface area contributed by atoms with Crippen molar-refractivity contribution >= 4 is 15.9 Å². The molecule has 0 N–H and O–H groups in total. The van der Waals surface area contributed by atoms with Crippen molar-refractivity contribution in [2.24, 2.45) is 0 Å². The zero-order valence-corrected chi connectivity index (χ0v) is 18.5. The molecule has 0 saturated heterocycles. The Morgan fingerprint density at radius 1 is 0.812 bits per heavy atom. The van der Waals surface area contributed by atoms with Gasteiger partial charge < -0.3 is 0 Å². The van der Waals surface area contributed by atoms with Crippen LogP contribution in [0.1, 0.15) is 30.9 Å². The fourth-order valence-electron chi connectivity index (χ4n) is 3.17. The quantitative estimate of drug-likeness (QED) is 0.253. The fraction of sp³-hybridized carbons (Fsp3) is 0.182. The maximum Gasteiger partial charge on any atom is 0.435 e. The molecule has 4 rings (SSSR count). The highest BCUT2D eigenvalue weighted by molar-refractivity contribution is 9.10. The second-order valence-electron chi connectivity index (χ2n) is 7.53. The van der Waals surface area contributed by atoms with Crippen LogP contribution in [0.3, 0.4) is 0 Å². The van der Waals surface area contributed by atoms with Crippen molar-refractivity contribution in [2.45, 2.75) is 25.4 Å². The summed E-state index contributed by atoms with van der Waals surface area (Å²) in [5.41, 5.74) is 0.811. The molecule has 4 heterocycles. The van der Waals surface area contributed by atoms with Gasteiger partial charge in [0.25, 0.3) is 0 Å². The smallest absolute Gasteiger partial charge is 0.252 e. The van der Waals surface area contributed by atoms with E-state index < -0.39 is 23.2 Å². The monoisotopic (exact) mass is 505 g/mol. The summed E-state index contributed by atoms with van der Waals surface area (Å²) in [7, 11) is 0. The topological polar surface area (TPSA) is 56.5 Å². The number of hydrogen-bond acceptors (Lipinski definition) is 4. The van der Waals surface area contributed by atoms with Gasteiger partial charge in [-0.25, -0.2) is 14.6 Å². The van der Waals surface area contributed by atoms with Crippen LogP contribution in [0.4, 0.5) is 17.6 Å². The summed E-state index contributed by atoms with van der Waals surface area (Å²) in [6.45, 7) is 3.82. The van der Waals surface area contributed by atoms with Gasteiger partial charge in [0.05, 0.1) is 17.1 Å². The molecule has 4 aromatic heterocycles.